The van der Waals surface area contributed by atoms with Crippen molar-refractivity contribution in [3.8, 4) is 5.75 Å². The number of amides is 1. The lowest BCUT2D eigenvalue weighted by Crippen LogP contribution is -2.35. The van der Waals surface area contributed by atoms with E-state index in [0.29, 0.717) is 18.9 Å². The van der Waals surface area contributed by atoms with Crippen molar-refractivity contribution in [3.05, 3.63) is 54.0 Å². The number of piperidine rings is 1. The molecule has 26 heavy (non-hydrogen) atoms. The van der Waals surface area contributed by atoms with Gasteiger partial charge in [0.25, 0.3) is 5.91 Å². The van der Waals surface area contributed by atoms with E-state index in [9.17, 15) is 4.79 Å². The second kappa shape index (κ2) is 9.43. The van der Waals surface area contributed by atoms with Crippen molar-refractivity contribution in [2.45, 2.75) is 32.8 Å². The molecule has 140 valence electrons. The Kier molecular flexibility index (Phi) is 6.72. The van der Waals surface area contributed by atoms with Crippen LogP contribution in [0.15, 0.2) is 47.1 Å². The first-order chi connectivity index (χ1) is 12.7. The largest absolute Gasteiger partial charge is 0.489 e. The summed E-state index contributed by atoms with van der Waals surface area (Å²) in [6, 6.07) is 11.3. The van der Waals surface area contributed by atoms with E-state index in [1.165, 1.54) is 32.2 Å². The number of para-hydroxylation sites is 1. The van der Waals surface area contributed by atoms with Crippen molar-refractivity contribution in [1.82, 2.24) is 10.2 Å². The molecule has 5 nitrogen and oxygen atoms in total. The van der Waals surface area contributed by atoms with E-state index in [2.05, 4.69) is 17.1 Å². The maximum absolute atomic E-state index is 12.4. The summed E-state index contributed by atoms with van der Waals surface area (Å²) >= 11 is 0. The number of carbonyl (C=O) groups excluding carboxylic acids is 1. The van der Waals surface area contributed by atoms with E-state index < -0.39 is 0 Å². The van der Waals surface area contributed by atoms with Crippen molar-refractivity contribution in [3.63, 3.8) is 0 Å². The van der Waals surface area contributed by atoms with Crippen LogP contribution in [0.25, 0.3) is 0 Å². The van der Waals surface area contributed by atoms with Crippen molar-refractivity contribution in [1.29, 1.82) is 0 Å². The average molecular weight is 356 g/mol. The third-order valence-corrected chi connectivity index (χ3v) is 4.90. The lowest BCUT2D eigenvalue weighted by atomic mass is 9.99. The van der Waals surface area contributed by atoms with Crippen LogP contribution in [0.3, 0.4) is 0 Å². The molecule has 2 heterocycles. The van der Waals surface area contributed by atoms with Crippen LogP contribution in [0.5, 0.6) is 5.75 Å². The second-order valence-corrected chi connectivity index (χ2v) is 7.01. The van der Waals surface area contributed by atoms with Crippen molar-refractivity contribution in [2.24, 2.45) is 5.92 Å². The fourth-order valence-corrected chi connectivity index (χ4v) is 3.20. The van der Waals surface area contributed by atoms with Gasteiger partial charge in [-0.1, -0.05) is 25.1 Å². The molecular weight excluding hydrogens is 328 g/mol. The molecule has 0 unspecified atom stereocenters. The molecule has 1 aliphatic heterocycles. The van der Waals surface area contributed by atoms with Crippen LogP contribution in [0.2, 0.25) is 0 Å². The second-order valence-electron chi connectivity index (χ2n) is 7.01. The number of nitrogens with zero attached hydrogens (tertiary/aromatic N) is 1. The molecule has 0 bridgehead atoms. The summed E-state index contributed by atoms with van der Waals surface area (Å²) in [4.78, 5) is 14.8. The number of rotatable bonds is 8. The third kappa shape index (κ3) is 5.36. The number of hydrogen-bond acceptors (Lipinski definition) is 4. The highest BCUT2D eigenvalue weighted by molar-refractivity contribution is 5.92. The normalized spacial score (nSPS) is 15.7. The Morgan fingerprint density at radius 2 is 2.00 bits per heavy atom. The van der Waals surface area contributed by atoms with Gasteiger partial charge in [-0.15, -0.1) is 0 Å². The highest BCUT2D eigenvalue weighted by Crippen LogP contribution is 2.17. The topological polar surface area (TPSA) is 54.7 Å². The first-order valence-electron chi connectivity index (χ1n) is 9.47. The molecule has 1 amide bonds. The molecule has 0 radical (unpaired) electrons. The van der Waals surface area contributed by atoms with Crippen LogP contribution in [-0.4, -0.2) is 37.0 Å². The van der Waals surface area contributed by atoms with Crippen LogP contribution >= 0.6 is 0 Å². The Morgan fingerprint density at radius 3 is 2.77 bits per heavy atom. The summed E-state index contributed by atoms with van der Waals surface area (Å²) in [6.07, 6.45) is 5.05. The fraction of sp³-hybridized carbons (Fsp3) is 0.476. The van der Waals surface area contributed by atoms with Gasteiger partial charge in [0.15, 0.2) is 5.76 Å². The predicted octanol–water partition coefficient (Wildman–Crippen LogP) is 3.71. The summed E-state index contributed by atoms with van der Waals surface area (Å²) in [6.45, 7) is 6.68. The molecule has 1 aromatic heterocycles. The number of nitrogens with one attached hydrogen (secondary N) is 1. The first-order valence-corrected chi connectivity index (χ1v) is 9.47. The highest BCUT2D eigenvalue weighted by Gasteiger charge is 2.17. The lowest BCUT2D eigenvalue weighted by molar-refractivity contribution is 0.0919. The minimum atomic E-state index is -0.172. The molecule has 0 atom stereocenters. The van der Waals surface area contributed by atoms with Gasteiger partial charge in [0.1, 0.15) is 12.4 Å². The summed E-state index contributed by atoms with van der Waals surface area (Å²) in [5, 5.41) is 2.96. The number of furan rings is 1. The maximum Gasteiger partial charge on any atom is 0.287 e. The Morgan fingerprint density at radius 1 is 1.23 bits per heavy atom. The first kappa shape index (κ1) is 18.5. The van der Waals surface area contributed by atoms with Crippen molar-refractivity contribution >= 4 is 5.91 Å². The van der Waals surface area contributed by atoms with Crippen LogP contribution in [0, 0.1) is 5.92 Å². The minimum absolute atomic E-state index is 0.172. The summed E-state index contributed by atoms with van der Waals surface area (Å²) in [5.41, 5.74) is 0.761. The molecule has 2 aromatic rings. The quantitative estimate of drug-likeness (QED) is 0.733. The number of benzene rings is 1. The van der Waals surface area contributed by atoms with Crippen molar-refractivity contribution in [2.75, 3.05) is 26.2 Å². The van der Waals surface area contributed by atoms with Crippen LogP contribution in [0.4, 0.5) is 0 Å². The highest BCUT2D eigenvalue weighted by atomic mass is 16.5. The van der Waals surface area contributed by atoms with Gasteiger partial charge >= 0.3 is 0 Å². The minimum Gasteiger partial charge on any atom is -0.489 e. The Balaban J connectivity index is 1.40. The zero-order valence-electron chi connectivity index (χ0n) is 15.4. The van der Waals surface area contributed by atoms with Gasteiger partial charge < -0.3 is 19.4 Å². The molecule has 1 fully saturated rings. The Labute approximate surface area is 155 Å². The molecule has 5 heteroatoms. The van der Waals surface area contributed by atoms with Gasteiger partial charge in [-0.05, 0) is 63.0 Å². The van der Waals surface area contributed by atoms with Crippen molar-refractivity contribution < 1.29 is 13.9 Å². The molecule has 3 rings (SSSR count). The van der Waals surface area contributed by atoms with Gasteiger partial charge in [-0.3, -0.25) is 4.79 Å². The Hall–Kier alpha value is -2.27. The lowest BCUT2D eigenvalue weighted by Gasteiger charge is -2.30. The van der Waals surface area contributed by atoms with Gasteiger partial charge in [0.2, 0.25) is 0 Å². The number of carbonyl (C=O) groups is 1. The molecule has 0 aliphatic carbocycles. The maximum atomic E-state index is 12.4. The SMILES string of the molecule is CC1CCN(CCCNC(=O)c2occc2COc2ccccc2)CC1. The standard InChI is InChI=1S/C21H28N2O3/c1-17-8-13-23(14-9-17)12-5-11-22-21(24)20-18(10-15-25-20)16-26-19-6-3-2-4-7-19/h2-4,6-7,10,15,17H,5,8-9,11-14,16H2,1H3,(H,22,24). The van der Waals surface area contributed by atoms with E-state index in [0.717, 1.165) is 30.2 Å². The molecule has 1 saturated heterocycles. The van der Waals surface area contributed by atoms with E-state index in [1.54, 1.807) is 6.07 Å². The molecule has 1 aliphatic rings. The zero-order chi connectivity index (χ0) is 18.2. The van der Waals surface area contributed by atoms with Crippen LogP contribution < -0.4 is 10.1 Å². The fourth-order valence-electron chi connectivity index (χ4n) is 3.20. The van der Waals surface area contributed by atoms with Crippen LogP contribution in [0.1, 0.15) is 42.3 Å². The monoisotopic (exact) mass is 356 g/mol. The average Bonchev–Trinajstić information content (AvgIpc) is 3.14. The third-order valence-electron chi connectivity index (χ3n) is 4.90. The Bertz CT molecular complexity index is 676. The summed E-state index contributed by atoms with van der Waals surface area (Å²) in [7, 11) is 0. The van der Waals surface area contributed by atoms with Gasteiger partial charge in [0.05, 0.1) is 6.26 Å². The predicted molar refractivity (Wildman–Crippen MR) is 101 cm³/mol. The van der Waals surface area contributed by atoms with Gasteiger partial charge in [0, 0.05) is 12.1 Å². The zero-order valence-corrected chi connectivity index (χ0v) is 15.4. The molecule has 1 aromatic carbocycles. The molecule has 0 saturated carbocycles. The van der Waals surface area contributed by atoms with E-state index in [1.807, 2.05) is 30.3 Å². The number of likely N-dealkylation sites (tertiary alicyclic amines) is 1. The molecule has 1 N–H and O–H groups in total. The number of hydrogen-bond donors (Lipinski definition) is 1. The van der Waals surface area contributed by atoms with E-state index in [4.69, 9.17) is 9.15 Å². The molecule has 0 spiro atoms. The summed E-state index contributed by atoms with van der Waals surface area (Å²) < 4.78 is 11.1. The van der Waals surface area contributed by atoms with Crippen LogP contribution in [-0.2, 0) is 6.61 Å². The van der Waals surface area contributed by atoms with E-state index >= 15 is 0 Å². The van der Waals surface area contributed by atoms with Gasteiger partial charge in [-0.25, -0.2) is 0 Å². The summed E-state index contributed by atoms with van der Waals surface area (Å²) in [5.74, 6) is 1.79. The number of ether oxygens (including phenoxy) is 1. The van der Waals surface area contributed by atoms with E-state index in [-0.39, 0.29) is 5.91 Å². The molecular formula is C21H28N2O3. The smallest absolute Gasteiger partial charge is 0.287 e. The van der Waals surface area contributed by atoms with Gasteiger partial charge in [-0.2, -0.15) is 0 Å².